The Kier molecular flexibility index (Phi) is 3.18. The number of piperidine rings is 1. The lowest BCUT2D eigenvalue weighted by Gasteiger charge is -2.23. The van der Waals surface area contributed by atoms with E-state index in [0.29, 0.717) is 6.04 Å². The predicted molar refractivity (Wildman–Crippen MR) is 59.3 cm³/mol. The molecule has 1 aliphatic rings. The van der Waals surface area contributed by atoms with Crippen molar-refractivity contribution in [1.82, 2.24) is 10.3 Å². The first-order chi connectivity index (χ1) is 6.34. The Hall–Kier alpha value is -0.130. The summed E-state index contributed by atoms with van der Waals surface area (Å²) in [5.41, 5.74) is 0. The molecule has 2 rings (SSSR count). The number of thiazole rings is 1. The summed E-state index contributed by atoms with van der Waals surface area (Å²) in [5, 5.41) is 9.81. The fraction of sp³-hybridized carbons (Fsp3) is 0.625. The van der Waals surface area contributed by atoms with Crippen molar-refractivity contribution in [1.29, 1.82) is 0 Å². The van der Waals surface area contributed by atoms with Crippen LogP contribution in [0.1, 0.15) is 12.8 Å². The average Bonchev–Trinajstić information content (AvgIpc) is 2.53. The Morgan fingerprint density at radius 3 is 2.92 bits per heavy atom. The minimum atomic E-state index is 0.597. The van der Waals surface area contributed by atoms with Gasteiger partial charge in [0.25, 0.3) is 0 Å². The molecule has 5 heteroatoms. The Labute approximate surface area is 90.1 Å². The molecule has 0 atom stereocenters. The van der Waals surface area contributed by atoms with Crippen LogP contribution in [0.3, 0.4) is 0 Å². The van der Waals surface area contributed by atoms with Crippen LogP contribution in [0.4, 0.5) is 5.13 Å². The molecule has 2 N–H and O–H groups in total. The molecular formula is C8H12BrN3S. The standard InChI is InChI=1S/C8H12BrN3S/c9-7-5-13-8(12-7)11-6-1-3-10-4-2-6/h5-6,10H,1-4H2,(H,11,12). The molecule has 1 fully saturated rings. The van der Waals surface area contributed by atoms with Gasteiger partial charge in [0, 0.05) is 11.4 Å². The normalized spacial score (nSPS) is 18.8. The van der Waals surface area contributed by atoms with Crippen molar-refractivity contribution in [3.8, 4) is 0 Å². The van der Waals surface area contributed by atoms with Crippen LogP contribution in [-0.2, 0) is 0 Å². The van der Waals surface area contributed by atoms with E-state index in [9.17, 15) is 0 Å². The van der Waals surface area contributed by atoms with Gasteiger partial charge in [-0.3, -0.25) is 0 Å². The minimum absolute atomic E-state index is 0.597. The van der Waals surface area contributed by atoms with E-state index in [1.165, 1.54) is 12.8 Å². The molecule has 72 valence electrons. The van der Waals surface area contributed by atoms with Crippen LogP contribution in [0.15, 0.2) is 9.98 Å². The highest BCUT2D eigenvalue weighted by molar-refractivity contribution is 9.10. The number of aromatic nitrogens is 1. The van der Waals surface area contributed by atoms with E-state index in [0.717, 1.165) is 22.8 Å². The third-order valence-electron chi connectivity index (χ3n) is 2.14. The third-order valence-corrected chi connectivity index (χ3v) is 3.63. The molecule has 0 radical (unpaired) electrons. The quantitative estimate of drug-likeness (QED) is 0.856. The van der Waals surface area contributed by atoms with Gasteiger partial charge in [0.1, 0.15) is 4.60 Å². The summed E-state index contributed by atoms with van der Waals surface area (Å²) >= 11 is 5.00. The van der Waals surface area contributed by atoms with E-state index in [-0.39, 0.29) is 0 Å². The van der Waals surface area contributed by atoms with Crippen LogP contribution < -0.4 is 10.6 Å². The van der Waals surface area contributed by atoms with Gasteiger partial charge in [-0.1, -0.05) is 0 Å². The Morgan fingerprint density at radius 1 is 1.54 bits per heavy atom. The van der Waals surface area contributed by atoms with Crippen molar-refractivity contribution in [2.45, 2.75) is 18.9 Å². The molecule has 0 aliphatic carbocycles. The highest BCUT2D eigenvalue weighted by atomic mass is 79.9. The summed E-state index contributed by atoms with van der Waals surface area (Å²) < 4.78 is 0.925. The van der Waals surface area contributed by atoms with E-state index in [1.54, 1.807) is 11.3 Å². The van der Waals surface area contributed by atoms with Crippen LogP contribution in [0, 0.1) is 0 Å². The second-order valence-corrected chi connectivity index (χ2v) is 4.81. The maximum absolute atomic E-state index is 4.31. The summed E-state index contributed by atoms with van der Waals surface area (Å²) in [6.45, 7) is 2.23. The topological polar surface area (TPSA) is 37.0 Å². The van der Waals surface area contributed by atoms with Gasteiger partial charge in [-0.15, -0.1) is 11.3 Å². The first-order valence-electron chi connectivity index (χ1n) is 4.43. The maximum Gasteiger partial charge on any atom is 0.183 e. The number of nitrogens with zero attached hydrogens (tertiary/aromatic N) is 1. The van der Waals surface area contributed by atoms with Gasteiger partial charge in [-0.05, 0) is 41.9 Å². The molecule has 0 aromatic carbocycles. The molecule has 1 aliphatic heterocycles. The van der Waals surface area contributed by atoms with Crippen LogP contribution in [0.2, 0.25) is 0 Å². The Balaban J connectivity index is 1.89. The lowest BCUT2D eigenvalue weighted by molar-refractivity contribution is 0.479. The van der Waals surface area contributed by atoms with Crippen molar-refractivity contribution in [2.24, 2.45) is 0 Å². The van der Waals surface area contributed by atoms with E-state index in [1.807, 2.05) is 5.38 Å². The van der Waals surface area contributed by atoms with Crippen LogP contribution >= 0.6 is 27.3 Å². The van der Waals surface area contributed by atoms with E-state index < -0.39 is 0 Å². The number of rotatable bonds is 2. The Morgan fingerprint density at radius 2 is 2.31 bits per heavy atom. The zero-order valence-electron chi connectivity index (χ0n) is 7.22. The summed E-state index contributed by atoms with van der Waals surface area (Å²) in [7, 11) is 0. The predicted octanol–water partition coefficient (Wildman–Crippen LogP) is 2.07. The number of hydrogen-bond acceptors (Lipinski definition) is 4. The molecule has 0 saturated carbocycles. The summed E-state index contributed by atoms with van der Waals surface area (Å²) in [5.74, 6) is 0. The maximum atomic E-state index is 4.31. The lowest BCUT2D eigenvalue weighted by atomic mass is 10.1. The van der Waals surface area contributed by atoms with Gasteiger partial charge in [0.2, 0.25) is 0 Å². The van der Waals surface area contributed by atoms with Crippen molar-refractivity contribution in [3.63, 3.8) is 0 Å². The molecule has 0 bridgehead atoms. The fourth-order valence-corrected chi connectivity index (χ4v) is 2.68. The first-order valence-corrected chi connectivity index (χ1v) is 6.10. The number of anilines is 1. The zero-order valence-corrected chi connectivity index (χ0v) is 9.62. The van der Waals surface area contributed by atoms with Gasteiger partial charge in [0.05, 0.1) is 0 Å². The molecular weight excluding hydrogens is 250 g/mol. The largest absolute Gasteiger partial charge is 0.359 e. The van der Waals surface area contributed by atoms with Gasteiger partial charge >= 0.3 is 0 Å². The van der Waals surface area contributed by atoms with E-state index in [4.69, 9.17) is 0 Å². The Bertz CT molecular complexity index is 270. The van der Waals surface area contributed by atoms with Gasteiger partial charge < -0.3 is 10.6 Å². The minimum Gasteiger partial charge on any atom is -0.359 e. The summed E-state index contributed by atoms with van der Waals surface area (Å²) in [4.78, 5) is 4.31. The van der Waals surface area contributed by atoms with Crippen molar-refractivity contribution in [2.75, 3.05) is 18.4 Å². The number of nitrogens with one attached hydrogen (secondary N) is 2. The molecule has 0 spiro atoms. The molecule has 1 saturated heterocycles. The first kappa shape index (κ1) is 9.43. The summed E-state index contributed by atoms with van der Waals surface area (Å²) in [6.07, 6.45) is 2.38. The monoisotopic (exact) mass is 261 g/mol. The smallest absolute Gasteiger partial charge is 0.183 e. The number of hydrogen-bond donors (Lipinski definition) is 2. The molecule has 0 amide bonds. The van der Waals surface area contributed by atoms with Gasteiger partial charge in [0.15, 0.2) is 5.13 Å². The SMILES string of the molecule is Brc1csc(NC2CCNCC2)n1. The highest BCUT2D eigenvalue weighted by Crippen LogP contribution is 2.21. The zero-order chi connectivity index (χ0) is 9.10. The highest BCUT2D eigenvalue weighted by Gasteiger charge is 2.13. The number of halogens is 1. The fourth-order valence-electron chi connectivity index (χ4n) is 1.46. The van der Waals surface area contributed by atoms with Gasteiger partial charge in [-0.25, -0.2) is 4.98 Å². The molecule has 3 nitrogen and oxygen atoms in total. The molecule has 0 unspecified atom stereocenters. The second-order valence-electron chi connectivity index (χ2n) is 3.14. The van der Waals surface area contributed by atoms with Gasteiger partial charge in [-0.2, -0.15) is 0 Å². The third kappa shape index (κ3) is 2.65. The molecule has 1 aromatic heterocycles. The van der Waals surface area contributed by atoms with Crippen molar-refractivity contribution < 1.29 is 0 Å². The summed E-state index contributed by atoms with van der Waals surface area (Å²) in [6, 6.07) is 0.597. The second kappa shape index (κ2) is 4.39. The van der Waals surface area contributed by atoms with Crippen molar-refractivity contribution >= 4 is 32.4 Å². The van der Waals surface area contributed by atoms with Crippen LogP contribution in [0.25, 0.3) is 0 Å². The van der Waals surface area contributed by atoms with Crippen LogP contribution in [-0.4, -0.2) is 24.1 Å². The molecule has 1 aromatic rings. The van der Waals surface area contributed by atoms with Crippen LogP contribution in [0.5, 0.6) is 0 Å². The lowest BCUT2D eigenvalue weighted by Crippen LogP contribution is -2.35. The van der Waals surface area contributed by atoms with Crippen molar-refractivity contribution in [3.05, 3.63) is 9.98 Å². The molecule has 2 heterocycles. The van der Waals surface area contributed by atoms with E-state index in [2.05, 4.69) is 31.5 Å². The average molecular weight is 262 g/mol. The molecule has 13 heavy (non-hydrogen) atoms. The van der Waals surface area contributed by atoms with E-state index >= 15 is 0 Å².